The molecule has 1 aromatic carbocycles. The lowest BCUT2D eigenvalue weighted by Crippen LogP contribution is -2.08. The van der Waals surface area contributed by atoms with Gasteiger partial charge in [0.05, 0.1) is 7.11 Å². The number of rotatable bonds is 4. The predicted octanol–water partition coefficient (Wildman–Crippen LogP) is 2.40. The van der Waals surface area contributed by atoms with Crippen LogP contribution in [0.3, 0.4) is 0 Å². The summed E-state index contributed by atoms with van der Waals surface area (Å²) in [7, 11) is 1.23. The second-order valence-corrected chi connectivity index (χ2v) is 4.64. The van der Waals surface area contributed by atoms with Crippen molar-refractivity contribution in [2.75, 3.05) is 18.2 Å². The van der Waals surface area contributed by atoms with Gasteiger partial charge in [0.25, 0.3) is 0 Å². The molecule has 0 saturated heterocycles. The van der Waals surface area contributed by atoms with E-state index in [4.69, 9.17) is 5.73 Å². The number of nitrogen functional groups attached to an aromatic ring is 1. The van der Waals surface area contributed by atoms with Crippen molar-refractivity contribution in [3.63, 3.8) is 0 Å². The number of nitrogens with two attached hydrogens (primary N) is 1. The molecular weight excluding hydrogens is 288 g/mol. The number of carbonyl (C=O) groups is 1. The first-order chi connectivity index (χ1) is 9.52. The number of nitrogens with one attached hydrogen (secondary N) is 1. The van der Waals surface area contributed by atoms with Crippen LogP contribution in [0.4, 0.5) is 19.6 Å². The summed E-state index contributed by atoms with van der Waals surface area (Å²) in [4.78, 5) is 11.5. The standard InChI is InChI=1S/C12H11F2N3O2S/c1-19-12(18)9-10(15)17-20-11(9)16-5-6-2-3-7(13)8(14)4-6/h2-4,16H,5H2,1H3,(H2,15,17). The summed E-state index contributed by atoms with van der Waals surface area (Å²) in [5, 5.41) is 3.31. The zero-order valence-electron chi connectivity index (χ0n) is 10.4. The molecule has 0 aliphatic heterocycles. The lowest BCUT2D eigenvalue weighted by Gasteiger charge is -2.06. The van der Waals surface area contributed by atoms with Crippen molar-refractivity contribution in [1.29, 1.82) is 0 Å². The Hall–Kier alpha value is -2.22. The quantitative estimate of drug-likeness (QED) is 0.848. The van der Waals surface area contributed by atoms with E-state index in [1.807, 2.05) is 0 Å². The monoisotopic (exact) mass is 299 g/mol. The number of carbonyl (C=O) groups excluding carboxylic acids is 1. The van der Waals surface area contributed by atoms with Gasteiger partial charge in [0.1, 0.15) is 10.6 Å². The molecule has 0 aliphatic carbocycles. The lowest BCUT2D eigenvalue weighted by atomic mass is 10.2. The Morgan fingerprint density at radius 1 is 1.45 bits per heavy atom. The van der Waals surface area contributed by atoms with E-state index >= 15 is 0 Å². The number of hydrogen-bond donors (Lipinski definition) is 2. The summed E-state index contributed by atoms with van der Waals surface area (Å²) in [5.41, 5.74) is 6.24. The summed E-state index contributed by atoms with van der Waals surface area (Å²) in [5.74, 6) is -2.38. The highest BCUT2D eigenvalue weighted by Gasteiger charge is 2.19. The van der Waals surface area contributed by atoms with Gasteiger partial charge < -0.3 is 15.8 Å². The molecule has 20 heavy (non-hydrogen) atoms. The van der Waals surface area contributed by atoms with Gasteiger partial charge in [-0.05, 0) is 29.2 Å². The van der Waals surface area contributed by atoms with Crippen molar-refractivity contribution in [2.45, 2.75) is 6.54 Å². The van der Waals surface area contributed by atoms with Crippen LogP contribution < -0.4 is 11.1 Å². The summed E-state index contributed by atoms with van der Waals surface area (Å²) in [6, 6.07) is 3.55. The first kappa shape index (κ1) is 14.2. The Labute approximate surface area is 117 Å². The van der Waals surface area contributed by atoms with Crippen LogP contribution in [0.15, 0.2) is 18.2 Å². The minimum Gasteiger partial charge on any atom is -0.465 e. The van der Waals surface area contributed by atoms with E-state index in [0.29, 0.717) is 10.6 Å². The van der Waals surface area contributed by atoms with Crippen molar-refractivity contribution in [3.8, 4) is 0 Å². The molecule has 1 aromatic heterocycles. The van der Waals surface area contributed by atoms with E-state index in [0.717, 1.165) is 23.7 Å². The molecule has 0 spiro atoms. The molecule has 0 unspecified atom stereocenters. The van der Waals surface area contributed by atoms with E-state index in [-0.39, 0.29) is 17.9 Å². The highest BCUT2D eigenvalue weighted by Crippen LogP contribution is 2.27. The van der Waals surface area contributed by atoms with E-state index < -0.39 is 17.6 Å². The van der Waals surface area contributed by atoms with Crippen LogP contribution in [0.2, 0.25) is 0 Å². The van der Waals surface area contributed by atoms with Gasteiger partial charge in [0, 0.05) is 6.54 Å². The molecule has 2 rings (SSSR count). The Morgan fingerprint density at radius 3 is 2.85 bits per heavy atom. The maximum Gasteiger partial charge on any atom is 0.344 e. The van der Waals surface area contributed by atoms with Crippen LogP contribution in [0.1, 0.15) is 15.9 Å². The van der Waals surface area contributed by atoms with Crippen LogP contribution in [-0.2, 0) is 11.3 Å². The molecule has 0 radical (unpaired) electrons. The highest BCUT2D eigenvalue weighted by molar-refractivity contribution is 7.11. The fourth-order valence-electron chi connectivity index (χ4n) is 1.55. The van der Waals surface area contributed by atoms with Crippen molar-refractivity contribution in [2.24, 2.45) is 0 Å². The van der Waals surface area contributed by atoms with Gasteiger partial charge in [-0.25, -0.2) is 13.6 Å². The molecule has 5 nitrogen and oxygen atoms in total. The Balaban J connectivity index is 2.15. The predicted molar refractivity (Wildman–Crippen MR) is 71.6 cm³/mol. The average Bonchev–Trinajstić information content (AvgIpc) is 2.80. The van der Waals surface area contributed by atoms with Crippen LogP contribution in [0.5, 0.6) is 0 Å². The Bertz CT molecular complexity index is 646. The number of ether oxygens (including phenoxy) is 1. The van der Waals surface area contributed by atoms with Crippen molar-refractivity contribution >= 4 is 28.3 Å². The summed E-state index contributed by atoms with van der Waals surface area (Å²) in [6.45, 7) is 0.197. The molecule has 0 amide bonds. The van der Waals surface area contributed by atoms with E-state index in [1.54, 1.807) is 0 Å². The summed E-state index contributed by atoms with van der Waals surface area (Å²) >= 11 is 0.992. The average molecular weight is 299 g/mol. The maximum absolute atomic E-state index is 13.1. The number of aromatic nitrogens is 1. The first-order valence-corrected chi connectivity index (χ1v) is 6.31. The fourth-order valence-corrected chi connectivity index (χ4v) is 2.25. The minimum absolute atomic E-state index is 0.0645. The van der Waals surface area contributed by atoms with Gasteiger partial charge >= 0.3 is 5.97 Å². The number of nitrogens with zero attached hydrogens (tertiary/aromatic N) is 1. The van der Waals surface area contributed by atoms with Crippen molar-refractivity contribution < 1.29 is 18.3 Å². The Morgan fingerprint density at radius 2 is 2.20 bits per heavy atom. The molecule has 2 aromatic rings. The van der Waals surface area contributed by atoms with Crippen LogP contribution >= 0.6 is 11.5 Å². The fraction of sp³-hybridized carbons (Fsp3) is 0.167. The van der Waals surface area contributed by atoms with Gasteiger partial charge in [-0.15, -0.1) is 0 Å². The van der Waals surface area contributed by atoms with Gasteiger partial charge in [0.15, 0.2) is 17.5 Å². The summed E-state index contributed by atoms with van der Waals surface area (Å²) < 4.78 is 34.3. The maximum atomic E-state index is 13.1. The van der Waals surface area contributed by atoms with Gasteiger partial charge in [-0.2, -0.15) is 4.37 Å². The van der Waals surface area contributed by atoms with Gasteiger partial charge in [-0.3, -0.25) is 0 Å². The number of hydrogen-bond acceptors (Lipinski definition) is 6. The number of anilines is 2. The van der Waals surface area contributed by atoms with Crippen LogP contribution in [0, 0.1) is 11.6 Å². The SMILES string of the molecule is COC(=O)c1c(N)nsc1NCc1ccc(F)c(F)c1. The van der Waals surface area contributed by atoms with Gasteiger partial charge in [-0.1, -0.05) is 6.07 Å². The Kier molecular flexibility index (Phi) is 4.14. The minimum atomic E-state index is -0.929. The molecule has 106 valence electrons. The molecule has 3 N–H and O–H groups in total. The topological polar surface area (TPSA) is 77.2 Å². The van der Waals surface area contributed by atoms with Crippen LogP contribution in [0.25, 0.3) is 0 Å². The molecular formula is C12H11F2N3O2S. The van der Waals surface area contributed by atoms with E-state index in [1.165, 1.54) is 13.2 Å². The molecule has 1 heterocycles. The third-order valence-corrected chi connectivity index (χ3v) is 3.36. The molecule has 0 bridgehead atoms. The smallest absolute Gasteiger partial charge is 0.344 e. The second kappa shape index (κ2) is 5.83. The van der Waals surface area contributed by atoms with Gasteiger partial charge in [0.2, 0.25) is 0 Å². The zero-order valence-corrected chi connectivity index (χ0v) is 11.3. The largest absolute Gasteiger partial charge is 0.465 e. The number of methoxy groups -OCH3 is 1. The molecule has 0 aliphatic rings. The number of esters is 1. The highest BCUT2D eigenvalue weighted by atomic mass is 32.1. The first-order valence-electron chi connectivity index (χ1n) is 5.54. The third-order valence-electron chi connectivity index (χ3n) is 2.55. The van der Waals surface area contributed by atoms with Crippen molar-refractivity contribution in [3.05, 3.63) is 41.0 Å². The number of benzene rings is 1. The molecule has 0 atom stereocenters. The van der Waals surface area contributed by atoms with E-state index in [2.05, 4.69) is 14.4 Å². The van der Waals surface area contributed by atoms with Crippen molar-refractivity contribution in [1.82, 2.24) is 4.37 Å². The molecule has 0 fully saturated rings. The molecule has 8 heteroatoms. The third kappa shape index (κ3) is 2.85. The zero-order chi connectivity index (χ0) is 14.7. The normalized spacial score (nSPS) is 10.3. The lowest BCUT2D eigenvalue weighted by molar-refractivity contribution is 0.0603. The van der Waals surface area contributed by atoms with E-state index in [9.17, 15) is 13.6 Å². The number of halogens is 2. The second-order valence-electron chi connectivity index (χ2n) is 3.87. The summed E-state index contributed by atoms with van der Waals surface area (Å²) in [6.07, 6.45) is 0. The van der Waals surface area contributed by atoms with Crippen LogP contribution in [-0.4, -0.2) is 17.5 Å². The molecule has 0 saturated carbocycles.